The highest BCUT2D eigenvalue weighted by Gasteiger charge is 2.40. The third-order valence-corrected chi connectivity index (χ3v) is 6.32. The molecule has 0 aliphatic carbocycles. The fourth-order valence-electron chi connectivity index (χ4n) is 3.07. The van der Waals surface area contributed by atoms with Gasteiger partial charge in [0.05, 0.1) is 17.7 Å². The summed E-state index contributed by atoms with van der Waals surface area (Å²) in [6.07, 6.45) is -0.935. The SMILES string of the molecule is COc1ccc(C2=C(c3ccc(S(N)(=O)=O)cc3)N(C)C(C(Br)C(=O)O)O2)cc1F. The van der Waals surface area contributed by atoms with Crippen molar-refractivity contribution in [2.24, 2.45) is 5.14 Å². The van der Waals surface area contributed by atoms with Crippen LogP contribution in [0.15, 0.2) is 47.4 Å². The van der Waals surface area contributed by atoms with E-state index in [1.807, 2.05) is 0 Å². The predicted molar refractivity (Wildman–Crippen MR) is 111 cm³/mol. The van der Waals surface area contributed by atoms with Crippen molar-refractivity contribution in [1.29, 1.82) is 0 Å². The molecule has 11 heteroatoms. The highest BCUT2D eigenvalue weighted by Crippen LogP contribution is 2.41. The molecule has 160 valence electrons. The zero-order valence-corrected chi connectivity index (χ0v) is 18.3. The minimum absolute atomic E-state index is 0.0465. The van der Waals surface area contributed by atoms with Gasteiger partial charge in [0.15, 0.2) is 28.4 Å². The maximum Gasteiger partial charge on any atom is 0.323 e. The average molecular weight is 501 g/mol. The monoisotopic (exact) mass is 500 g/mol. The number of ether oxygens (including phenoxy) is 2. The van der Waals surface area contributed by atoms with Gasteiger partial charge in [0, 0.05) is 18.2 Å². The third kappa shape index (κ3) is 4.13. The molecule has 30 heavy (non-hydrogen) atoms. The number of halogens is 2. The van der Waals surface area contributed by atoms with Crippen LogP contribution in [-0.4, -0.2) is 49.6 Å². The Morgan fingerprint density at radius 1 is 1.27 bits per heavy atom. The Labute approximate surface area is 180 Å². The van der Waals surface area contributed by atoms with Crippen molar-refractivity contribution in [1.82, 2.24) is 4.90 Å². The van der Waals surface area contributed by atoms with Gasteiger partial charge in [-0.2, -0.15) is 0 Å². The van der Waals surface area contributed by atoms with Gasteiger partial charge >= 0.3 is 5.97 Å². The van der Waals surface area contributed by atoms with Crippen LogP contribution in [0.1, 0.15) is 11.1 Å². The van der Waals surface area contributed by atoms with Crippen LogP contribution in [0.25, 0.3) is 11.5 Å². The lowest BCUT2D eigenvalue weighted by Gasteiger charge is -2.25. The van der Waals surface area contributed by atoms with Gasteiger partial charge in [-0.1, -0.05) is 28.1 Å². The van der Waals surface area contributed by atoms with E-state index in [1.54, 1.807) is 18.0 Å². The van der Waals surface area contributed by atoms with Crippen molar-refractivity contribution >= 4 is 43.4 Å². The van der Waals surface area contributed by atoms with Gasteiger partial charge in [0.1, 0.15) is 0 Å². The first-order valence-corrected chi connectivity index (χ1v) is 11.0. The lowest BCUT2D eigenvalue weighted by molar-refractivity contribution is -0.139. The van der Waals surface area contributed by atoms with Gasteiger partial charge in [-0.3, -0.25) is 4.79 Å². The minimum Gasteiger partial charge on any atom is -0.494 e. The van der Waals surface area contributed by atoms with Crippen LogP contribution < -0.4 is 9.88 Å². The molecule has 0 fully saturated rings. The smallest absolute Gasteiger partial charge is 0.323 e. The number of aliphatic carboxylic acids is 1. The van der Waals surface area contributed by atoms with Crippen molar-refractivity contribution in [3.8, 4) is 5.75 Å². The summed E-state index contributed by atoms with van der Waals surface area (Å²) in [7, 11) is -0.917. The van der Waals surface area contributed by atoms with E-state index in [0.717, 1.165) is 0 Å². The van der Waals surface area contributed by atoms with Gasteiger partial charge < -0.3 is 19.5 Å². The highest BCUT2D eigenvalue weighted by atomic mass is 79.9. The van der Waals surface area contributed by atoms with Crippen LogP contribution in [-0.2, 0) is 19.6 Å². The Morgan fingerprint density at radius 2 is 1.87 bits per heavy atom. The molecule has 0 bridgehead atoms. The maximum atomic E-state index is 14.3. The summed E-state index contributed by atoms with van der Waals surface area (Å²) in [6.45, 7) is 0. The standard InChI is InChI=1S/C19H18BrFN2O6S/c1-23-16(10-3-6-12(7-4-10)30(22,26)27)17(29-18(23)15(20)19(24)25)11-5-8-14(28-2)13(21)9-11/h3-9,15,18H,1-2H3,(H,24,25)(H2,22,26,27). The number of hydrogen-bond acceptors (Lipinski definition) is 6. The Morgan fingerprint density at radius 3 is 2.37 bits per heavy atom. The molecule has 1 aliphatic heterocycles. The summed E-state index contributed by atoms with van der Waals surface area (Å²) >= 11 is 3.10. The molecule has 2 aromatic rings. The minimum atomic E-state index is -3.88. The van der Waals surface area contributed by atoms with Gasteiger partial charge in [0.25, 0.3) is 0 Å². The predicted octanol–water partition coefficient (Wildman–Crippen LogP) is 2.44. The molecule has 1 aliphatic rings. The number of benzene rings is 2. The molecule has 3 N–H and O–H groups in total. The molecule has 2 unspecified atom stereocenters. The Bertz CT molecular complexity index is 1120. The van der Waals surface area contributed by atoms with Crippen LogP contribution in [0.4, 0.5) is 4.39 Å². The summed E-state index contributed by atoms with van der Waals surface area (Å²) in [5, 5.41) is 14.5. The number of alkyl halides is 1. The van der Waals surface area contributed by atoms with E-state index in [4.69, 9.17) is 14.6 Å². The Kier molecular flexibility index (Phi) is 6.06. The molecule has 8 nitrogen and oxygen atoms in total. The van der Waals surface area contributed by atoms with Crippen LogP contribution in [0.3, 0.4) is 0 Å². The van der Waals surface area contributed by atoms with Crippen molar-refractivity contribution in [2.45, 2.75) is 16.0 Å². The molecule has 3 rings (SSSR count). The topological polar surface area (TPSA) is 119 Å². The first-order valence-electron chi connectivity index (χ1n) is 8.52. The maximum absolute atomic E-state index is 14.3. The fourth-order valence-corrected chi connectivity index (χ4v) is 4.05. The van der Waals surface area contributed by atoms with Crippen molar-refractivity contribution in [3.63, 3.8) is 0 Å². The van der Waals surface area contributed by atoms with E-state index < -0.39 is 32.9 Å². The second-order valence-corrected chi connectivity index (χ2v) is 9.00. The lowest BCUT2D eigenvalue weighted by Crippen LogP contribution is -2.39. The molecule has 0 aromatic heterocycles. The van der Waals surface area contributed by atoms with Crippen LogP contribution in [0, 0.1) is 5.82 Å². The normalized spacial score (nSPS) is 17.6. The van der Waals surface area contributed by atoms with E-state index >= 15 is 0 Å². The molecule has 0 spiro atoms. The lowest BCUT2D eigenvalue weighted by atomic mass is 10.1. The number of primary sulfonamides is 1. The van der Waals surface area contributed by atoms with E-state index in [0.29, 0.717) is 16.8 Å². The molecule has 2 atom stereocenters. The van der Waals surface area contributed by atoms with Crippen LogP contribution in [0.5, 0.6) is 5.75 Å². The van der Waals surface area contributed by atoms with Crippen molar-refractivity contribution in [3.05, 3.63) is 59.4 Å². The Balaban J connectivity index is 2.14. The largest absolute Gasteiger partial charge is 0.494 e. The van der Waals surface area contributed by atoms with Gasteiger partial charge in [-0.25, -0.2) is 17.9 Å². The van der Waals surface area contributed by atoms with E-state index in [9.17, 15) is 22.7 Å². The van der Waals surface area contributed by atoms with E-state index in [-0.39, 0.29) is 16.4 Å². The number of methoxy groups -OCH3 is 1. The fraction of sp³-hybridized carbons (Fsp3) is 0.211. The molecule has 1 heterocycles. The second-order valence-electron chi connectivity index (χ2n) is 6.46. The first kappa shape index (κ1) is 22.1. The molecular formula is C19H18BrFN2O6S. The molecular weight excluding hydrogens is 483 g/mol. The first-order chi connectivity index (χ1) is 14.0. The van der Waals surface area contributed by atoms with Crippen molar-refractivity contribution < 1.29 is 32.2 Å². The summed E-state index contributed by atoms with van der Waals surface area (Å²) in [5.74, 6) is -1.48. The number of carbonyl (C=O) groups is 1. The van der Waals surface area contributed by atoms with Gasteiger partial charge in [-0.15, -0.1) is 0 Å². The molecule has 0 amide bonds. The second kappa shape index (κ2) is 8.25. The van der Waals surface area contributed by atoms with Crippen LogP contribution in [0.2, 0.25) is 0 Å². The molecule has 2 aromatic carbocycles. The number of hydrogen-bond donors (Lipinski definition) is 2. The zero-order chi connectivity index (χ0) is 22.2. The van der Waals surface area contributed by atoms with Crippen molar-refractivity contribution in [2.75, 3.05) is 14.2 Å². The van der Waals surface area contributed by atoms with E-state index in [1.165, 1.54) is 43.5 Å². The highest BCUT2D eigenvalue weighted by molar-refractivity contribution is 9.10. The number of carboxylic acid groups (broad SMARTS) is 1. The molecule has 0 saturated carbocycles. The number of nitrogens with zero attached hydrogens (tertiary/aromatic N) is 1. The third-order valence-electron chi connectivity index (χ3n) is 4.54. The number of carboxylic acids is 1. The number of nitrogens with two attached hydrogens (primary N) is 1. The molecule has 0 radical (unpaired) electrons. The number of sulfonamides is 1. The van der Waals surface area contributed by atoms with Crippen LogP contribution >= 0.6 is 15.9 Å². The summed E-state index contributed by atoms with van der Waals surface area (Å²) in [5.41, 5.74) is 1.35. The zero-order valence-electron chi connectivity index (χ0n) is 15.9. The summed E-state index contributed by atoms with van der Waals surface area (Å²) in [4.78, 5) is 11.9. The quantitative estimate of drug-likeness (QED) is 0.584. The number of rotatable bonds is 6. The average Bonchev–Trinajstić information content (AvgIpc) is 3.03. The molecule has 0 saturated heterocycles. The summed E-state index contributed by atoms with van der Waals surface area (Å²) < 4.78 is 48.2. The van der Waals surface area contributed by atoms with Gasteiger partial charge in [0.2, 0.25) is 10.0 Å². The Hall–Kier alpha value is -2.63. The van der Waals surface area contributed by atoms with E-state index in [2.05, 4.69) is 15.9 Å². The summed E-state index contributed by atoms with van der Waals surface area (Å²) in [6, 6.07) is 9.91. The van der Waals surface area contributed by atoms with Gasteiger partial charge in [-0.05, 0) is 30.3 Å².